The molecule has 10 nitrogen and oxygen atoms in total. The smallest absolute Gasteiger partial charge is 0.310 e. The molecule has 0 aliphatic carbocycles. The molecule has 0 radical (unpaired) electrons. The van der Waals surface area contributed by atoms with Crippen LogP contribution in [0.3, 0.4) is 0 Å². The van der Waals surface area contributed by atoms with Crippen LogP contribution in [0.5, 0.6) is 0 Å². The largest absolute Gasteiger partial charge is 0.465 e. The lowest BCUT2D eigenvalue weighted by atomic mass is 9.66. The lowest BCUT2D eigenvalue weighted by molar-refractivity contribution is -0.154. The van der Waals surface area contributed by atoms with Crippen molar-refractivity contribution < 1.29 is 24.2 Å². The molecule has 1 aromatic carbocycles. The molecule has 3 unspecified atom stereocenters. The summed E-state index contributed by atoms with van der Waals surface area (Å²) in [4.78, 5) is 45.4. The molecule has 11 heteroatoms. The van der Waals surface area contributed by atoms with Gasteiger partial charge in [0.05, 0.1) is 28.7 Å². The molecule has 0 saturated carbocycles. The number of ether oxygens (including phenoxy) is 1. The lowest BCUT2D eigenvalue weighted by Crippen LogP contribution is -2.57. The highest BCUT2D eigenvalue weighted by Gasteiger charge is 2.76. The van der Waals surface area contributed by atoms with E-state index in [-0.39, 0.29) is 55.4 Å². The summed E-state index contributed by atoms with van der Waals surface area (Å²) < 4.78 is 6.52. The first-order valence-electron chi connectivity index (χ1n) is 13.9. The SMILES string of the molecule is C=CCCOC(=O)[C@@H]1[C@@H]2CC(C)C3(S2)C(C(=O)N(CC=C)Cn2nnc4ccccc42)N(CCCCO)C(=O)[C@H]13. The Balaban J connectivity index is 1.50. The highest BCUT2D eigenvalue weighted by molar-refractivity contribution is 8.02. The Labute approximate surface area is 238 Å². The van der Waals surface area contributed by atoms with Crippen molar-refractivity contribution >= 4 is 40.6 Å². The van der Waals surface area contributed by atoms with Crippen LogP contribution in [-0.4, -0.2) is 90.0 Å². The van der Waals surface area contributed by atoms with Crippen molar-refractivity contribution in [3.63, 3.8) is 0 Å². The minimum atomic E-state index is -0.755. The van der Waals surface area contributed by atoms with Crippen molar-refractivity contribution in [2.45, 2.75) is 55.3 Å². The molecule has 1 N–H and O–H groups in total. The molecule has 4 heterocycles. The summed E-state index contributed by atoms with van der Waals surface area (Å²) in [6.07, 6.45) is 5.71. The number of esters is 1. The number of rotatable bonds is 13. The minimum absolute atomic E-state index is 0.00264. The van der Waals surface area contributed by atoms with Crippen molar-refractivity contribution in [1.29, 1.82) is 0 Å². The summed E-state index contributed by atoms with van der Waals surface area (Å²) in [5.41, 5.74) is 1.53. The van der Waals surface area contributed by atoms with Crippen LogP contribution in [0.25, 0.3) is 11.0 Å². The number of hydrogen-bond acceptors (Lipinski definition) is 8. The first-order chi connectivity index (χ1) is 19.4. The van der Waals surface area contributed by atoms with Crippen molar-refractivity contribution in [3.8, 4) is 0 Å². The van der Waals surface area contributed by atoms with Gasteiger partial charge in [0.25, 0.3) is 0 Å². The zero-order valence-electron chi connectivity index (χ0n) is 22.9. The molecule has 2 amide bonds. The minimum Gasteiger partial charge on any atom is -0.465 e. The molecular weight excluding hydrogens is 530 g/mol. The van der Waals surface area contributed by atoms with E-state index < -0.39 is 22.6 Å². The monoisotopic (exact) mass is 567 g/mol. The number of aliphatic hydroxyl groups excluding tert-OH is 1. The summed E-state index contributed by atoms with van der Waals surface area (Å²) in [6, 6.07) is 6.79. The number of benzene rings is 1. The van der Waals surface area contributed by atoms with Gasteiger partial charge in [-0.3, -0.25) is 14.4 Å². The number of carbonyl (C=O) groups excluding carboxylic acids is 3. The number of nitrogens with zero attached hydrogens (tertiary/aromatic N) is 5. The standard InChI is InChI=1S/C29H37N5O5S/c1-4-6-16-39-28(38)23-22-17-19(3)29(40-22)24(23)26(36)33(14-9-10-15-35)25(29)27(37)32(13-5-2)18-34-21-12-8-7-11-20(21)30-31-34/h4-5,7-8,11-12,19,22-25,35H,1-2,6,9-10,13-18H2,3H3/t19?,22-,23+,24-,25?,29?/m0/s1. The van der Waals surface area contributed by atoms with Gasteiger partial charge in [-0.2, -0.15) is 0 Å². The zero-order chi connectivity index (χ0) is 28.4. The third kappa shape index (κ3) is 4.62. The molecule has 214 valence electrons. The highest BCUT2D eigenvalue weighted by atomic mass is 32.2. The summed E-state index contributed by atoms with van der Waals surface area (Å²) >= 11 is 1.62. The normalized spacial score (nSPS) is 28.6. The number of thioether (sulfide) groups is 1. The molecule has 2 aromatic rings. The number of unbranched alkanes of at least 4 members (excludes halogenated alkanes) is 1. The van der Waals surface area contributed by atoms with Crippen LogP contribution >= 0.6 is 11.8 Å². The second kappa shape index (κ2) is 11.7. The van der Waals surface area contributed by atoms with Gasteiger partial charge in [0, 0.05) is 24.9 Å². The first-order valence-corrected chi connectivity index (χ1v) is 14.8. The van der Waals surface area contributed by atoms with Crippen LogP contribution in [0.15, 0.2) is 49.6 Å². The number of aliphatic hydroxyl groups is 1. The van der Waals surface area contributed by atoms with Crippen LogP contribution in [0, 0.1) is 17.8 Å². The van der Waals surface area contributed by atoms with Gasteiger partial charge in [0.2, 0.25) is 11.8 Å². The average molecular weight is 568 g/mol. The summed E-state index contributed by atoms with van der Waals surface area (Å²) in [6.45, 7) is 10.6. The van der Waals surface area contributed by atoms with Gasteiger partial charge in [-0.1, -0.05) is 36.4 Å². The maximum absolute atomic E-state index is 14.6. The number of aromatic nitrogens is 3. The predicted molar refractivity (Wildman–Crippen MR) is 152 cm³/mol. The van der Waals surface area contributed by atoms with Crippen LogP contribution in [0.4, 0.5) is 0 Å². The average Bonchev–Trinajstić information content (AvgIpc) is 3.66. The zero-order valence-corrected chi connectivity index (χ0v) is 23.7. The Morgan fingerprint density at radius 3 is 2.83 bits per heavy atom. The van der Waals surface area contributed by atoms with E-state index >= 15 is 0 Å². The number of likely N-dealkylation sites (tertiary alicyclic amines) is 1. The Morgan fingerprint density at radius 1 is 1.27 bits per heavy atom. The number of carbonyl (C=O) groups is 3. The molecule has 6 atom stereocenters. The van der Waals surface area contributed by atoms with E-state index in [9.17, 15) is 19.5 Å². The number of fused-ring (bicyclic) bond motifs is 2. The Morgan fingerprint density at radius 2 is 2.08 bits per heavy atom. The molecular formula is C29H37N5O5S. The van der Waals surface area contributed by atoms with Crippen molar-refractivity contribution in [2.24, 2.45) is 17.8 Å². The number of para-hydroxylation sites is 1. The molecule has 3 aliphatic heterocycles. The Bertz CT molecular complexity index is 1300. The van der Waals surface area contributed by atoms with Crippen LogP contribution < -0.4 is 0 Å². The molecule has 3 saturated heterocycles. The maximum atomic E-state index is 14.6. The van der Waals surface area contributed by atoms with E-state index in [0.717, 1.165) is 17.5 Å². The topological polar surface area (TPSA) is 118 Å². The van der Waals surface area contributed by atoms with E-state index in [4.69, 9.17) is 4.74 Å². The second-order valence-electron chi connectivity index (χ2n) is 10.8. The van der Waals surface area contributed by atoms with E-state index in [1.807, 2.05) is 24.3 Å². The first kappa shape index (κ1) is 28.4. The van der Waals surface area contributed by atoms with Crippen LogP contribution in [-0.2, 0) is 25.8 Å². The summed E-state index contributed by atoms with van der Waals surface area (Å²) in [5.74, 6) is -1.92. The molecule has 2 bridgehead atoms. The maximum Gasteiger partial charge on any atom is 0.310 e. The van der Waals surface area contributed by atoms with Crippen molar-refractivity contribution in [3.05, 3.63) is 49.6 Å². The van der Waals surface area contributed by atoms with Gasteiger partial charge in [-0.25, -0.2) is 4.68 Å². The van der Waals surface area contributed by atoms with Gasteiger partial charge in [-0.15, -0.1) is 30.0 Å². The van der Waals surface area contributed by atoms with E-state index in [2.05, 4.69) is 30.4 Å². The van der Waals surface area contributed by atoms with Gasteiger partial charge in [0.1, 0.15) is 18.2 Å². The molecule has 1 aromatic heterocycles. The second-order valence-corrected chi connectivity index (χ2v) is 12.4. The fourth-order valence-corrected chi connectivity index (χ4v) is 9.17. The fourth-order valence-electron chi connectivity index (χ4n) is 6.77. The van der Waals surface area contributed by atoms with E-state index in [0.29, 0.717) is 25.8 Å². The Hall–Kier alpha value is -3.18. The van der Waals surface area contributed by atoms with Crippen molar-refractivity contribution in [1.82, 2.24) is 24.8 Å². The molecule has 3 aliphatic rings. The highest BCUT2D eigenvalue weighted by Crippen LogP contribution is 2.68. The van der Waals surface area contributed by atoms with Gasteiger partial charge >= 0.3 is 5.97 Å². The summed E-state index contributed by atoms with van der Waals surface area (Å²) in [5, 5.41) is 17.8. The van der Waals surface area contributed by atoms with Gasteiger partial charge in [0.15, 0.2) is 0 Å². The molecule has 1 spiro atoms. The van der Waals surface area contributed by atoms with Crippen molar-refractivity contribution in [2.75, 3.05) is 26.3 Å². The third-order valence-electron chi connectivity index (χ3n) is 8.51. The van der Waals surface area contributed by atoms with E-state index in [1.54, 1.807) is 38.4 Å². The lowest BCUT2D eigenvalue weighted by Gasteiger charge is -2.40. The molecule has 40 heavy (non-hydrogen) atoms. The van der Waals surface area contributed by atoms with Crippen LogP contribution in [0.1, 0.15) is 32.6 Å². The number of amides is 2. The quantitative estimate of drug-likeness (QED) is 0.223. The predicted octanol–water partition coefficient (Wildman–Crippen LogP) is 2.63. The molecule has 5 rings (SSSR count). The Kier molecular flexibility index (Phi) is 8.32. The van der Waals surface area contributed by atoms with Crippen LogP contribution in [0.2, 0.25) is 0 Å². The molecule has 3 fully saturated rings. The number of hydrogen-bond donors (Lipinski definition) is 1. The van der Waals surface area contributed by atoms with Gasteiger partial charge < -0.3 is 19.6 Å². The third-order valence-corrected chi connectivity index (χ3v) is 10.6. The summed E-state index contributed by atoms with van der Waals surface area (Å²) in [7, 11) is 0. The van der Waals surface area contributed by atoms with E-state index in [1.165, 1.54) is 0 Å². The van der Waals surface area contributed by atoms with Gasteiger partial charge in [-0.05, 0) is 43.7 Å². The fraction of sp³-hybridized carbons (Fsp3) is 0.552.